The molecule has 2 rings (SSSR count). The highest BCUT2D eigenvalue weighted by molar-refractivity contribution is 7.89. The highest BCUT2D eigenvalue weighted by Crippen LogP contribution is 2.32. The maximum Gasteiger partial charge on any atom is 0.241 e. The lowest BCUT2D eigenvalue weighted by atomic mass is 10.1. The van der Waals surface area contributed by atoms with E-state index in [1.165, 1.54) is 24.3 Å². The number of hydrogen-bond acceptors (Lipinski definition) is 3. The van der Waals surface area contributed by atoms with Gasteiger partial charge in [-0.05, 0) is 57.0 Å². The molecule has 0 atom stereocenters. The van der Waals surface area contributed by atoms with Crippen molar-refractivity contribution in [2.45, 2.75) is 44.0 Å². The van der Waals surface area contributed by atoms with Crippen molar-refractivity contribution in [2.75, 3.05) is 5.32 Å². The maximum atomic E-state index is 12.3. The molecule has 0 aromatic heterocycles. The molecule has 2 aromatic rings. The predicted molar refractivity (Wildman–Crippen MR) is 115 cm³/mol. The van der Waals surface area contributed by atoms with Crippen LogP contribution >= 0.6 is 34.8 Å². The molecule has 0 unspecified atom stereocenters. The van der Waals surface area contributed by atoms with Crippen LogP contribution in [0, 0.1) is 0 Å². The van der Waals surface area contributed by atoms with Gasteiger partial charge in [0.25, 0.3) is 0 Å². The molecule has 152 valence electrons. The van der Waals surface area contributed by atoms with Crippen LogP contribution in [0.5, 0.6) is 0 Å². The first kappa shape index (κ1) is 23.0. The molecular formula is C19H21Cl3N2O3S. The number of aryl methyl sites for hydroxylation is 1. The molecule has 0 radical (unpaired) electrons. The largest absolute Gasteiger partial charge is 0.325 e. The van der Waals surface area contributed by atoms with Gasteiger partial charge in [0.1, 0.15) is 0 Å². The van der Waals surface area contributed by atoms with E-state index >= 15 is 0 Å². The van der Waals surface area contributed by atoms with E-state index in [0.717, 1.165) is 5.56 Å². The van der Waals surface area contributed by atoms with Crippen molar-refractivity contribution in [2.24, 2.45) is 0 Å². The van der Waals surface area contributed by atoms with Crippen molar-refractivity contribution >= 4 is 56.4 Å². The van der Waals surface area contributed by atoms with Gasteiger partial charge in [-0.25, -0.2) is 13.1 Å². The molecule has 0 aliphatic carbocycles. The number of rotatable bonds is 6. The number of hydrogen-bond donors (Lipinski definition) is 2. The van der Waals surface area contributed by atoms with Crippen molar-refractivity contribution in [3.63, 3.8) is 0 Å². The second-order valence-corrected chi connectivity index (χ2v) is 10.2. The first-order chi connectivity index (χ1) is 12.9. The fourth-order valence-corrected chi connectivity index (χ4v) is 4.40. The minimum Gasteiger partial charge on any atom is -0.325 e. The van der Waals surface area contributed by atoms with Crippen molar-refractivity contribution in [3.8, 4) is 0 Å². The highest BCUT2D eigenvalue weighted by Gasteiger charge is 2.21. The van der Waals surface area contributed by atoms with E-state index in [-0.39, 0.29) is 17.2 Å². The summed E-state index contributed by atoms with van der Waals surface area (Å²) in [6.07, 6.45) is 0.640. The summed E-state index contributed by atoms with van der Waals surface area (Å²) in [4.78, 5) is 12.3. The minimum atomic E-state index is -3.59. The van der Waals surface area contributed by atoms with Crippen LogP contribution in [0.4, 0.5) is 5.69 Å². The van der Waals surface area contributed by atoms with Crippen LogP contribution in [0.25, 0.3) is 0 Å². The Balaban J connectivity index is 1.98. The molecule has 28 heavy (non-hydrogen) atoms. The molecule has 0 spiro atoms. The van der Waals surface area contributed by atoms with E-state index in [0.29, 0.717) is 27.2 Å². The average Bonchev–Trinajstić information content (AvgIpc) is 2.56. The van der Waals surface area contributed by atoms with Crippen LogP contribution in [0.15, 0.2) is 41.3 Å². The lowest BCUT2D eigenvalue weighted by Gasteiger charge is -2.20. The van der Waals surface area contributed by atoms with Crippen molar-refractivity contribution in [1.29, 1.82) is 0 Å². The summed E-state index contributed by atoms with van der Waals surface area (Å²) in [6.45, 7) is 5.33. The van der Waals surface area contributed by atoms with Gasteiger partial charge in [0.2, 0.25) is 15.9 Å². The number of carbonyl (C=O) groups excluding carboxylic acids is 1. The smallest absolute Gasteiger partial charge is 0.241 e. The number of amides is 1. The van der Waals surface area contributed by atoms with Crippen LogP contribution in [0.1, 0.15) is 32.8 Å². The third-order valence-electron chi connectivity index (χ3n) is 3.60. The van der Waals surface area contributed by atoms with E-state index in [9.17, 15) is 13.2 Å². The van der Waals surface area contributed by atoms with Gasteiger partial charge >= 0.3 is 0 Å². The van der Waals surface area contributed by atoms with E-state index in [4.69, 9.17) is 34.8 Å². The molecule has 2 aromatic carbocycles. The number of carbonyl (C=O) groups is 1. The molecular weight excluding hydrogens is 443 g/mol. The van der Waals surface area contributed by atoms with Crippen molar-refractivity contribution in [1.82, 2.24) is 4.72 Å². The van der Waals surface area contributed by atoms with Crippen LogP contribution in [-0.2, 0) is 21.2 Å². The number of benzene rings is 2. The van der Waals surface area contributed by atoms with Gasteiger partial charge in [-0.2, -0.15) is 0 Å². The zero-order chi connectivity index (χ0) is 21.1. The lowest BCUT2D eigenvalue weighted by molar-refractivity contribution is -0.116. The second kappa shape index (κ2) is 9.01. The lowest BCUT2D eigenvalue weighted by Crippen LogP contribution is -2.40. The second-order valence-electron chi connectivity index (χ2n) is 7.29. The molecule has 9 heteroatoms. The number of nitrogens with one attached hydrogen (secondary N) is 2. The van der Waals surface area contributed by atoms with Gasteiger partial charge in [-0.15, -0.1) is 0 Å². The third kappa shape index (κ3) is 6.64. The summed E-state index contributed by atoms with van der Waals surface area (Å²) in [5.74, 6) is -0.244. The Labute approximate surface area is 180 Å². The monoisotopic (exact) mass is 462 g/mol. The Kier molecular flexibility index (Phi) is 7.39. The van der Waals surface area contributed by atoms with Crippen molar-refractivity contribution in [3.05, 3.63) is 57.0 Å². The Morgan fingerprint density at radius 3 is 2.11 bits per heavy atom. The van der Waals surface area contributed by atoms with Gasteiger partial charge < -0.3 is 5.32 Å². The molecule has 0 saturated carbocycles. The molecule has 0 bridgehead atoms. The minimum absolute atomic E-state index is 0.179. The topological polar surface area (TPSA) is 75.3 Å². The number of anilines is 1. The standard InChI is InChI=1S/C19H21Cl3N2O3S/c1-19(2,3)24-28(26,27)13-7-4-12(5-8-13)6-9-18(25)23-17-11-15(21)14(20)10-16(17)22/h4-5,7-8,10-11,24H,6,9H2,1-3H3,(H,23,25). The summed E-state index contributed by atoms with van der Waals surface area (Å²) in [6, 6.07) is 9.39. The molecule has 2 N–H and O–H groups in total. The molecule has 0 aliphatic heterocycles. The van der Waals surface area contributed by atoms with Gasteiger partial charge in [0.05, 0.1) is 25.7 Å². The van der Waals surface area contributed by atoms with E-state index < -0.39 is 15.6 Å². The van der Waals surface area contributed by atoms with Crippen molar-refractivity contribution < 1.29 is 13.2 Å². The normalized spacial score (nSPS) is 12.1. The number of halogens is 3. The summed E-state index contributed by atoms with van der Waals surface area (Å²) >= 11 is 17.9. The average molecular weight is 464 g/mol. The van der Waals surface area contributed by atoms with E-state index in [2.05, 4.69) is 10.0 Å². The molecule has 0 heterocycles. The summed E-state index contributed by atoms with van der Waals surface area (Å²) in [5.41, 5.74) is 0.655. The quantitative estimate of drug-likeness (QED) is 0.571. The molecule has 0 saturated heterocycles. The Morgan fingerprint density at radius 1 is 0.964 bits per heavy atom. The van der Waals surface area contributed by atoms with Crippen LogP contribution in [0.2, 0.25) is 15.1 Å². The van der Waals surface area contributed by atoms with Crippen LogP contribution in [-0.4, -0.2) is 19.9 Å². The molecule has 5 nitrogen and oxygen atoms in total. The highest BCUT2D eigenvalue weighted by atomic mass is 35.5. The van der Waals surface area contributed by atoms with Gasteiger partial charge in [-0.1, -0.05) is 46.9 Å². The molecule has 0 fully saturated rings. The third-order valence-corrected chi connectivity index (χ3v) is 6.41. The Hall–Kier alpha value is -1.31. The first-order valence-corrected chi connectivity index (χ1v) is 11.1. The zero-order valence-electron chi connectivity index (χ0n) is 15.6. The van der Waals surface area contributed by atoms with E-state index in [1.807, 2.05) is 0 Å². The van der Waals surface area contributed by atoms with E-state index in [1.54, 1.807) is 32.9 Å². The molecule has 1 amide bonds. The fraction of sp³-hybridized carbons (Fsp3) is 0.316. The fourth-order valence-electron chi connectivity index (χ4n) is 2.39. The van der Waals surface area contributed by atoms with Gasteiger partial charge in [0, 0.05) is 12.0 Å². The maximum absolute atomic E-state index is 12.3. The molecule has 0 aliphatic rings. The van der Waals surface area contributed by atoms with Crippen LogP contribution in [0.3, 0.4) is 0 Å². The SMILES string of the molecule is CC(C)(C)NS(=O)(=O)c1ccc(CCC(=O)Nc2cc(Cl)c(Cl)cc2Cl)cc1. The van der Waals surface area contributed by atoms with Gasteiger partial charge in [-0.3, -0.25) is 4.79 Å². The van der Waals surface area contributed by atoms with Crippen LogP contribution < -0.4 is 10.0 Å². The summed E-state index contributed by atoms with van der Waals surface area (Å²) < 4.78 is 27.2. The zero-order valence-corrected chi connectivity index (χ0v) is 18.7. The van der Waals surface area contributed by atoms with Gasteiger partial charge in [0.15, 0.2) is 0 Å². The summed E-state index contributed by atoms with van der Waals surface area (Å²) in [5, 5.41) is 3.58. The Morgan fingerprint density at radius 2 is 1.54 bits per heavy atom. The Bertz CT molecular complexity index is 969. The summed E-state index contributed by atoms with van der Waals surface area (Å²) in [7, 11) is -3.59. The first-order valence-electron chi connectivity index (χ1n) is 8.45. The number of sulfonamides is 1. The predicted octanol–water partition coefficient (Wildman–Crippen LogP) is 5.29.